The molecule has 0 radical (unpaired) electrons. The summed E-state index contributed by atoms with van der Waals surface area (Å²) in [5, 5.41) is 44.7. The lowest BCUT2D eigenvalue weighted by atomic mass is 10.2. The summed E-state index contributed by atoms with van der Waals surface area (Å²) in [6, 6.07) is 3.64. The zero-order valence-corrected chi connectivity index (χ0v) is 10.9. The van der Waals surface area contributed by atoms with Crippen LogP contribution in [0.25, 0.3) is 6.08 Å². The Balaban J connectivity index is 2.65. The molecule has 1 rings (SSSR count). The highest BCUT2D eigenvalue weighted by molar-refractivity contribution is 5.97. The molecule has 118 valence electrons. The summed E-state index contributed by atoms with van der Waals surface area (Å²) < 4.78 is 4.11. The number of aliphatic carboxylic acids is 1. The lowest BCUT2D eigenvalue weighted by molar-refractivity contribution is -0.173. The Morgan fingerprint density at radius 1 is 1.05 bits per heavy atom. The second-order valence-electron chi connectivity index (χ2n) is 4.05. The molecule has 0 spiro atoms. The third-order valence-electron chi connectivity index (χ3n) is 2.41. The van der Waals surface area contributed by atoms with Gasteiger partial charge in [-0.15, -0.1) is 0 Å². The molecule has 9 nitrogen and oxygen atoms in total. The van der Waals surface area contributed by atoms with E-state index in [1.165, 1.54) is 12.1 Å². The van der Waals surface area contributed by atoms with Gasteiger partial charge in [-0.2, -0.15) is 0 Å². The van der Waals surface area contributed by atoms with Crippen LogP contribution in [0, 0.1) is 0 Å². The molecular formula is C13H12O9. The average Bonchev–Trinajstić information content (AvgIpc) is 2.46. The van der Waals surface area contributed by atoms with E-state index in [0.29, 0.717) is 5.56 Å². The fourth-order valence-corrected chi connectivity index (χ4v) is 1.27. The first-order valence-corrected chi connectivity index (χ1v) is 5.77. The van der Waals surface area contributed by atoms with Crippen molar-refractivity contribution < 1.29 is 44.7 Å². The lowest BCUT2D eigenvalue weighted by Crippen LogP contribution is -2.41. The Labute approximate surface area is 123 Å². The molecule has 22 heavy (non-hydrogen) atoms. The molecule has 0 amide bonds. The molecule has 0 fully saturated rings. The number of rotatable bonds is 5. The van der Waals surface area contributed by atoms with Gasteiger partial charge in [-0.3, -0.25) is 0 Å². The Hall–Kier alpha value is -2.91. The first-order chi connectivity index (χ1) is 10.2. The zero-order valence-electron chi connectivity index (χ0n) is 10.9. The van der Waals surface area contributed by atoms with Crippen molar-refractivity contribution >= 4 is 24.0 Å². The number of benzene rings is 1. The fraction of sp³-hybridized carbons (Fsp3) is 0.154. The monoisotopic (exact) mass is 312 g/mol. The van der Waals surface area contributed by atoms with Gasteiger partial charge in [0.15, 0.2) is 23.7 Å². The number of aromatic hydroxyl groups is 2. The number of carboxylic acid groups (broad SMARTS) is 1. The van der Waals surface area contributed by atoms with E-state index >= 15 is 0 Å². The number of hydrogen-bond donors (Lipinski definition) is 5. The zero-order chi connectivity index (χ0) is 16.9. The molecule has 0 bridgehead atoms. The van der Waals surface area contributed by atoms with Gasteiger partial charge < -0.3 is 30.3 Å². The predicted molar refractivity (Wildman–Crippen MR) is 69.6 cm³/mol. The summed E-state index contributed by atoms with van der Waals surface area (Å²) in [7, 11) is 0. The summed E-state index contributed by atoms with van der Waals surface area (Å²) in [4.78, 5) is 32.8. The standard InChI is InChI=1S/C13H12O9/c14-7-3-1-6(5-8(7)15)2-4-9(16)22-13(21)11(18)10(17)12(19)20/h1-5,10-11,14-15,17-18H,(H,19,20)/b4-2+. The molecule has 0 aliphatic carbocycles. The van der Waals surface area contributed by atoms with Gasteiger partial charge in [0.1, 0.15) is 0 Å². The quantitative estimate of drug-likeness (QED) is 0.198. The number of aliphatic hydroxyl groups is 2. The first-order valence-electron chi connectivity index (χ1n) is 5.77. The number of ether oxygens (including phenoxy) is 1. The van der Waals surface area contributed by atoms with E-state index in [9.17, 15) is 19.5 Å². The van der Waals surface area contributed by atoms with E-state index in [2.05, 4.69) is 4.74 Å². The van der Waals surface area contributed by atoms with E-state index in [1.807, 2.05) is 0 Å². The van der Waals surface area contributed by atoms with Gasteiger partial charge in [0.05, 0.1) is 0 Å². The molecule has 9 heteroatoms. The summed E-state index contributed by atoms with van der Waals surface area (Å²) in [5.74, 6) is -5.49. The van der Waals surface area contributed by atoms with Crippen molar-refractivity contribution in [1.29, 1.82) is 0 Å². The van der Waals surface area contributed by atoms with Crippen molar-refractivity contribution in [1.82, 2.24) is 0 Å². The van der Waals surface area contributed by atoms with Gasteiger partial charge in [0.25, 0.3) is 0 Å². The number of carbonyl (C=O) groups excluding carboxylic acids is 2. The number of phenolic OH excluding ortho intramolecular Hbond substituents is 2. The second kappa shape index (κ2) is 7.20. The van der Waals surface area contributed by atoms with Crippen LogP contribution >= 0.6 is 0 Å². The first kappa shape index (κ1) is 17.1. The van der Waals surface area contributed by atoms with Crippen molar-refractivity contribution in [2.24, 2.45) is 0 Å². The lowest BCUT2D eigenvalue weighted by Gasteiger charge is -2.11. The molecule has 0 aliphatic rings. The van der Waals surface area contributed by atoms with E-state index < -0.39 is 35.9 Å². The van der Waals surface area contributed by atoms with E-state index in [1.54, 1.807) is 0 Å². The maximum absolute atomic E-state index is 11.3. The van der Waals surface area contributed by atoms with Gasteiger partial charge in [-0.25, -0.2) is 14.4 Å². The Morgan fingerprint density at radius 2 is 1.68 bits per heavy atom. The van der Waals surface area contributed by atoms with E-state index in [-0.39, 0.29) is 5.75 Å². The van der Waals surface area contributed by atoms with Gasteiger partial charge in [0, 0.05) is 6.08 Å². The topological polar surface area (TPSA) is 162 Å². The van der Waals surface area contributed by atoms with Crippen molar-refractivity contribution in [3.63, 3.8) is 0 Å². The van der Waals surface area contributed by atoms with Crippen molar-refractivity contribution in [2.45, 2.75) is 12.2 Å². The molecule has 2 unspecified atom stereocenters. The van der Waals surface area contributed by atoms with Crippen LogP contribution in [0.2, 0.25) is 0 Å². The molecule has 0 saturated carbocycles. The van der Waals surface area contributed by atoms with E-state index in [0.717, 1.165) is 18.2 Å². The maximum Gasteiger partial charge on any atom is 0.346 e. The molecular weight excluding hydrogens is 300 g/mol. The Bertz CT molecular complexity index is 620. The minimum absolute atomic E-state index is 0.297. The third kappa shape index (κ3) is 4.58. The third-order valence-corrected chi connectivity index (χ3v) is 2.41. The van der Waals surface area contributed by atoms with Crippen LogP contribution < -0.4 is 0 Å². The van der Waals surface area contributed by atoms with Gasteiger partial charge in [-0.05, 0) is 23.8 Å². The minimum atomic E-state index is -2.42. The van der Waals surface area contributed by atoms with Gasteiger partial charge in [0.2, 0.25) is 0 Å². The van der Waals surface area contributed by atoms with Gasteiger partial charge >= 0.3 is 17.9 Å². The van der Waals surface area contributed by atoms with Crippen LogP contribution in [0.1, 0.15) is 5.56 Å². The normalized spacial score (nSPS) is 13.5. The summed E-state index contributed by atoms with van der Waals surface area (Å²) >= 11 is 0. The summed E-state index contributed by atoms with van der Waals surface area (Å²) in [5.41, 5.74) is 0.297. The Morgan fingerprint density at radius 3 is 2.23 bits per heavy atom. The SMILES string of the molecule is O=C(/C=C/c1ccc(O)c(O)c1)OC(=O)C(O)C(O)C(=O)O. The van der Waals surface area contributed by atoms with Crippen molar-refractivity contribution in [3.8, 4) is 11.5 Å². The van der Waals surface area contributed by atoms with Crippen LogP contribution in [0.5, 0.6) is 11.5 Å². The molecule has 0 saturated heterocycles. The minimum Gasteiger partial charge on any atom is -0.504 e. The average molecular weight is 312 g/mol. The summed E-state index contributed by atoms with van der Waals surface area (Å²) in [6.45, 7) is 0. The molecule has 2 atom stereocenters. The predicted octanol–water partition coefficient (Wildman–Crippen LogP) is -1.01. The maximum atomic E-state index is 11.3. The van der Waals surface area contributed by atoms with Crippen LogP contribution in [0.4, 0.5) is 0 Å². The fourth-order valence-electron chi connectivity index (χ4n) is 1.27. The van der Waals surface area contributed by atoms with Crippen molar-refractivity contribution in [2.75, 3.05) is 0 Å². The highest BCUT2D eigenvalue weighted by Gasteiger charge is 2.32. The highest BCUT2D eigenvalue weighted by Crippen LogP contribution is 2.25. The molecule has 0 aliphatic heterocycles. The number of esters is 2. The molecule has 1 aromatic carbocycles. The highest BCUT2D eigenvalue weighted by atomic mass is 16.6. The van der Waals surface area contributed by atoms with Gasteiger partial charge in [-0.1, -0.05) is 6.07 Å². The number of carboxylic acids is 1. The number of aliphatic hydroxyl groups excluding tert-OH is 2. The molecule has 1 aromatic rings. The van der Waals surface area contributed by atoms with Crippen LogP contribution in [0.3, 0.4) is 0 Å². The van der Waals surface area contributed by atoms with Crippen molar-refractivity contribution in [3.05, 3.63) is 29.8 Å². The number of carbonyl (C=O) groups is 3. The number of phenols is 2. The van der Waals surface area contributed by atoms with E-state index in [4.69, 9.17) is 20.4 Å². The smallest absolute Gasteiger partial charge is 0.346 e. The summed E-state index contributed by atoms with van der Waals surface area (Å²) in [6.07, 6.45) is -2.93. The van der Waals surface area contributed by atoms with Crippen LogP contribution in [0.15, 0.2) is 24.3 Å². The van der Waals surface area contributed by atoms with Crippen LogP contribution in [-0.2, 0) is 19.1 Å². The molecule has 0 aromatic heterocycles. The number of hydrogen-bond acceptors (Lipinski definition) is 8. The molecule has 5 N–H and O–H groups in total. The Kier molecular flexibility index (Phi) is 5.61. The second-order valence-corrected chi connectivity index (χ2v) is 4.05. The molecule has 0 heterocycles. The van der Waals surface area contributed by atoms with Crippen LogP contribution in [-0.4, -0.2) is 55.6 Å². The largest absolute Gasteiger partial charge is 0.504 e.